The van der Waals surface area contributed by atoms with E-state index in [1.807, 2.05) is 27.2 Å². The van der Waals surface area contributed by atoms with Gasteiger partial charge in [0.05, 0.1) is 39.9 Å². The second-order valence-corrected chi connectivity index (χ2v) is 14.4. The summed E-state index contributed by atoms with van der Waals surface area (Å²) >= 11 is 0. The minimum absolute atomic E-state index is 0.0636. The van der Waals surface area contributed by atoms with Gasteiger partial charge in [-0.3, -0.25) is 13.8 Å². The largest absolute Gasteiger partial charge is 0.472 e. The van der Waals surface area contributed by atoms with Crippen molar-refractivity contribution in [3.05, 3.63) is 12.2 Å². The fourth-order valence-electron chi connectivity index (χ4n) is 4.69. The molecule has 0 fully saturated rings. The third kappa shape index (κ3) is 28.0. The van der Waals surface area contributed by atoms with E-state index >= 15 is 0 Å². The van der Waals surface area contributed by atoms with Crippen LogP contribution in [-0.2, 0) is 18.4 Å². The SMILES string of the molecule is CCCCCCCCCCCC/C=C/C(O)C(COP(=O)(O)OCC[N+](C)(C)C)NC(=O)CCCCCCCCCC. The molecule has 0 aromatic rings. The van der Waals surface area contributed by atoms with Gasteiger partial charge in [-0.1, -0.05) is 129 Å². The summed E-state index contributed by atoms with van der Waals surface area (Å²) in [6.45, 7) is 4.74. The molecule has 0 radical (unpaired) electrons. The number of hydrogen-bond donors (Lipinski definition) is 3. The number of rotatable bonds is 30. The fourth-order valence-corrected chi connectivity index (χ4v) is 5.42. The Morgan fingerprint density at radius 3 is 1.76 bits per heavy atom. The molecule has 0 heterocycles. The van der Waals surface area contributed by atoms with Crippen LogP contribution < -0.4 is 5.32 Å². The summed E-state index contributed by atoms with van der Waals surface area (Å²) in [5.74, 6) is -0.185. The van der Waals surface area contributed by atoms with E-state index in [-0.39, 0.29) is 19.1 Å². The molecular formula is C33H68N2O6P+. The summed E-state index contributed by atoms with van der Waals surface area (Å²) in [4.78, 5) is 22.8. The zero-order chi connectivity index (χ0) is 31.5. The van der Waals surface area contributed by atoms with Crippen LogP contribution in [0.1, 0.15) is 142 Å². The third-order valence-electron chi connectivity index (χ3n) is 7.51. The van der Waals surface area contributed by atoms with Crippen molar-refractivity contribution < 1.29 is 32.9 Å². The van der Waals surface area contributed by atoms with Crippen LogP contribution in [0.3, 0.4) is 0 Å². The zero-order valence-corrected chi connectivity index (χ0v) is 28.9. The average Bonchev–Trinajstić information content (AvgIpc) is 2.92. The molecule has 0 saturated heterocycles. The lowest BCUT2D eigenvalue weighted by molar-refractivity contribution is -0.870. The van der Waals surface area contributed by atoms with Gasteiger partial charge >= 0.3 is 7.82 Å². The molecule has 1 amide bonds. The highest BCUT2D eigenvalue weighted by Gasteiger charge is 2.27. The molecule has 9 heteroatoms. The first-order valence-electron chi connectivity index (χ1n) is 17.1. The van der Waals surface area contributed by atoms with E-state index in [0.29, 0.717) is 17.4 Å². The predicted octanol–water partition coefficient (Wildman–Crippen LogP) is 8.07. The molecule has 8 nitrogen and oxygen atoms in total. The van der Waals surface area contributed by atoms with Gasteiger partial charge in [0, 0.05) is 6.42 Å². The number of likely N-dealkylation sites (N-methyl/N-ethyl adjacent to an activating group) is 1. The highest BCUT2D eigenvalue weighted by atomic mass is 31.2. The number of aliphatic hydroxyl groups is 1. The van der Waals surface area contributed by atoms with E-state index < -0.39 is 20.0 Å². The second kappa shape index (κ2) is 26.6. The van der Waals surface area contributed by atoms with Crippen LogP contribution in [-0.4, -0.2) is 73.4 Å². The Bertz CT molecular complexity index is 713. The van der Waals surface area contributed by atoms with Gasteiger partial charge < -0.3 is 19.8 Å². The van der Waals surface area contributed by atoms with E-state index in [4.69, 9.17) is 9.05 Å². The van der Waals surface area contributed by atoms with Crippen LogP contribution in [0.15, 0.2) is 12.2 Å². The molecule has 0 aromatic carbocycles. The van der Waals surface area contributed by atoms with Gasteiger partial charge in [-0.05, 0) is 19.3 Å². The molecule has 0 aliphatic rings. The number of allylic oxidation sites excluding steroid dienone is 1. The Morgan fingerprint density at radius 2 is 1.26 bits per heavy atom. The summed E-state index contributed by atoms with van der Waals surface area (Å²) in [6, 6.07) is -0.835. The molecule has 0 saturated carbocycles. The molecule has 0 bridgehead atoms. The zero-order valence-electron chi connectivity index (χ0n) is 28.0. The predicted molar refractivity (Wildman–Crippen MR) is 175 cm³/mol. The van der Waals surface area contributed by atoms with E-state index in [1.54, 1.807) is 6.08 Å². The van der Waals surface area contributed by atoms with Crippen molar-refractivity contribution in [3.63, 3.8) is 0 Å². The highest BCUT2D eigenvalue weighted by molar-refractivity contribution is 7.47. The van der Waals surface area contributed by atoms with Gasteiger partial charge in [-0.15, -0.1) is 0 Å². The maximum Gasteiger partial charge on any atom is 0.472 e. The van der Waals surface area contributed by atoms with Crippen molar-refractivity contribution in [2.75, 3.05) is 40.9 Å². The first-order chi connectivity index (χ1) is 20.0. The molecule has 3 unspecified atom stereocenters. The van der Waals surface area contributed by atoms with Crippen LogP contribution in [0.4, 0.5) is 0 Å². The minimum atomic E-state index is -4.31. The summed E-state index contributed by atoms with van der Waals surface area (Å²) < 4.78 is 23.3. The van der Waals surface area contributed by atoms with Crippen LogP contribution in [0.5, 0.6) is 0 Å². The summed E-state index contributed by atoms with van der Waals surface area (Å²) in [7, 11) is 1.57. The van der Waals surface area contributed by atoms with E-state index in [1.165, 1.54) is 83.5 Å². The molecule has 42 heavy (non-hydrogen) atoms. The summed E-state index contributed by atoms with van der Waals surface area (Å²) in [6.07, 6.45) is 25.6. The van der Waals surface area contributed by atoms with Crippen molar-refractivity contribution in [1.82, 2.24) is 5.32 Å². The number of nitrogens with zero attached hydrogens (tertiary/aromatic N) is 1. The van der Waals surface area contributed by atoms with Gasteiger partial charge in [0.2, 0.25) is 5.91 Å². The van der Waals surface area contributed by atoms with E-state index in [0.717, 1.165) is 38.5 Å². The lowest BCUT2D eigenvalue weighted by Crippen LogP contribution is -2.45. The molecule has 3 atom stereocenters. The monoisotopic (exact) mass is 619 g/mol. The van der Waals surface area contributed by atoms with Crippen molar-refractivity contribution in [3.8, 4) is 0 Å². The van der Waals surface area contributed by atoms with Crippen LogP contribution >= 0.6 is 7.82 Å². The quantitative estimate of drug-likeness (QED) is 0.0325. The number of amides is 1. The Morgan fingerprint density at radius 1 is 0.786 bits per heavy atom. The topological polar surface area (TPSA) is 105 Å². The Labute approximate surface area is 259 Å². The number of nitrogens with one attached hydrogen (secondary N) is 1. The lowest BCUT2D eigenvalue weighted by atomic mass is 10.1. The molecule has 0 aromatic heterocycles. The molecule has 3 N–H and O–H groups in total. The average molecular weight is 620 g/mol. The first-order valence-corrected chi connectivity index (χ1v) is 18.6. The number of hydrogen-bond acceptors (Lipinski definition) is 5. The Hall–Kier alpha value is -0.760. The summed E-state index contributed by atoms with van der Waals surface area (Å²) in [5, 5.41) is 13.6. The maximum atomic E-state index is 12.6. The first kappa shape index (κ1) is 41.2. The van der Waals surface area contributed by atoms with Crippen molar-refractivity contribution in [2.45, 2.75) is 154 Å². The Kier molecular flexibility index (Phi) is 26.1. The van der Waals surface area contributed by atoms with Gasteiger partial charge in [-0.25, -0.2) is 4.57 Å². The number of carbonyl (C=O) groups is 1. The molecule has 250 valence electrons. The van der Waals surface area contributed by atoms with E-state index in [9.17, 15) is 19.4 Å². The lowest BCUT2D eigenvalue weighted by Gasteiger charge is -2.25. The van der Waals surface area contributed by atoms with Crippen molar-refractivity contribution >= 4 is 13.7 Å². The minimum Gasteiger partial charge on any atom is -0.387 e. The number of carbonyl (C=O) groups excluding carboxylic acids is 1. The third-order valence-corrected chi connectivity index (χ3v) is 8.49. The van der Waals surface area contributed by atoms with Crippen LogP contribution in [0.2, 0.25) is 0 Å². The molecule has 0 aliphatic heterocycles. The number of phosphoric acid groups is 1. The second-order valence-electron chi connectivity index (χ2n) is 12.9. The highest BCUT2D eigenvalue weighted by Crippen LogP contribution is 2.43. The number of unbranched alkanes of at least 4 members (excludes halogenated alkanes) is 17. The molecule has 0 rings (SSSR count). The Balaban J connectivity index is 4.62. The van der Waals surface area contributed by atoms with Gasteiger partial charge in [0.1, 0.15) is 13.2 Å². The fraction of sp³-hybridized carbons (Fsp3) is 0.909. The van der Waals surface area contributed by atoms with Crippen molar-refractivity contribution in [1.29, 1.82) is 0 Å². The van der Waals surface area contributed by atoms with Crippen molar-refractivity contribution in [2.24, 2.45) is 0 Å². The maximum absolute atomic E-state index is 12.6. The van der Waals surface area contributed by atoms with Crippen LogP contribution in [0.25, 0.3) is 0 Å². The van der Waals surface area contributed by atoms with Gasteiger partial charge in [0.25, 0.3) is 0 Å². The van der Waals surface area contributed by atoms with Crippen LogP contribution in [0, 0.1) is 0 Å². The normalized spacial score (nSPS) is 15.1. The van der Waals surface area contributed by atoms with Gasteiger partial charge in [0.15, 0.2) is 0 Å². The van der Waals surface area contributed by atoms with E-state index in [2.05, 4.69) is 19.2 Å². The molecule has 0 aliphatic carbocycles. The number of aliphatic hydroxyl groups excluding tert-OH is 1. The summed E-state index contributed by atoms with van der Waals surface area (Å²) in [5.41, 5.74) is 0. The van der Waals surface area contributed by atoms with Gasteiger partial charge in [-0.2, -0.15) is 0 Å². The molecular weight excluding hydrogens is 551 g/mol. The number of phosphoric ester groups is 1. The molecule has 0 spiro atoms. The smallest absolute Gasteiger partial charge is 0.387 e. The number of quaternary nitrogens is 1. The standard InChI is InChI=1S/C33H67N2O6P/c1-6-8-10-12-14-16-17-18-19-20-22-24-26-32(36)31(30-41-42(38,39)40-29-28-35(3,4)5)34-33(37)27-25-23-21-15-13-11-9-7-2/h24,26,31-32,36H,6-23,25,27-30H2,1-5H3,(H-,34,37,38,39)/p+1/b26-24+.